The van der Waals surface area contributed by atoms with Gasteiger partial charge in [0.1, 0.15) is 0 Å². The number of nitrogens with one attached hydrogen (secondary N) is 2. The molecule has 0 spiro atoms. The van der Waals surface area contributed by atoms with Crippen LogP contribution in [0.1, 0.15) is 58.7 Å². The van der Waals surface area contributed by atoms with Gasteiger partial charge in [0.25, 0.3) is 5.91 Å². The molecule has 0 unspecified atom stereocenters. The first kappa shape index (κ1) is 22.7. The Morgan fingerprint density at radius 3 is 2.48 bits per heavy atom. The van der Waals surface area contributed by atoms with E-state index in [2.05, 4.69) is 22.7 Å². The van der Waals surface area contributed by atoms with Crippen LogP contribution in [0.25, 0.3) is 11.0 Å². The Morgan fingerprint density at radius 1 is 1.15 bits per heavy atom. The second kappa shape index (κ2) is 9.99. The zero-order valence-corrected chi connectivity index (χ0v) is 18.9. The summed E-state index contributed by atoms with van der Waals surface area (Å²) in [6.07, 6.45) is 4.37. The van der Waals surface area contributed by atoms with Crippen molar-refractivity contribution in [3.8, 4) is 0 Å². The van der Waals surface area contributed by atoms with Gasteiger partial charge in [0, 0.05) is 49.2 Å². The number of hydrogen-bond acceptors (Lipinski definition) is 6. The van der Waals surface area contributed by atoms with Crippen LogP contribution in [0.15, 0.2) is 30.5 Å². The van der Waals surface area contributed by atoms with Crippen LogP contribution in [-0.2, 0) is 24.2 Å². The lowest BCUT2D eigenvalue weighted by atomic mass is 10.0. The molecule has 3 heterocycles. The summed E-state index contributed by atoms with van der Waals surface area (Å²) < 4.78 is 7.40. The van der Waals surface area contributed by atoms with Crippen LogP contribution in [0.2, 0.25) is 0 Å². The zero-order valence-electron chi connectivity index (χ0n) is 18.9. The molecule has 174 valence electrons. The van der Waals surface area contributed by atoms with Gasteiger partial charge in [-0.25, -0.2) is 14.5 Å². The maximum atomic E-state index is 12.8. The first-order valence-corrected chi connectivity index (χ1v) is 11.3. The Morgan fingerprint density at radius 2 is 1.85 bits per heavy atom. The SMILES string of the molecule is CCc1nc2c(cnn2CC)c(NC2CCOCC2)c1CNC(=O)c1ccc(C(=O)O)cc1. The molecular formula is C24H29N5O4. The van der Waals surface area contributed by atoms with E-state index in [9.17, 15) is 9.59 Å². The molecule has 0 atom stereocenters. The molecule has 3 N–H and O–H groups in total. The van der Waals surface area contributed by atoms with Crippen molar-refractivity contribution in [3.05, 3.63) is 52.8 Å². The molecule has 9 nitrogen and oxygen atoms in total. The highest BCUT2D eigenvalue weighted by atomic mass is 16.5. The van der Waals surface area contributed by atoms with Crippen LogP contribution in [0.4, 0.5) is 5.69 Å². The van der Waals surface area contributed by atoms with Gasteiger partial charge in [-0.1, -0.05) is 6.92 Å². The summed E-state index contributed by atoms with van der Waals surface area (Å²) >= 11 is 0. The number of pyridine rings is 1. The molecule has 1 aliphatic rings. The minimum absolute atomic E-state index is 0.144. The van der Waals surface area contributed by atoms with Gasteiger partial charge in [-0.3, -0.25) is 4.79 Å². The molecule has 0 radical (unpaired) electrons. The van der Waals surface area contributed by atoms with Gasteiger partial charge in [-0.15, -0.1) is 0 Å². The third-order valence-corrected chi connectivity index (χ3v) is 6.00. The molecule has 0 bridgehead atoms. The molecule has 3 aromatic rings. The smallest absolute Gasteiger partial charge is 0.335 e. The number of aromatic carboxylic acids is 1. The molecule has 1 amide bonds. The molecular weight excluding hydrogens is 422 g/mol. The minimum atomic E-state index is -1.02. The Kier molecular flexibility index (Phi) is 6.88. The lowest BCUT2D eigenvalue weighted by Gasteiger charge is -2.26. The number of ether oxygens (including phenoxy) is 1. The number of carbonyl (C=O) groups is 2. The van der Waals surface area contributed by atoms with Crippen LogP contribution in [0, 0.1) is 0 Å². The van der Waals surface area contributed by atoms with Gasteiger partial charge in [0.05, 0.1) is 22.8 Å². The number of carboxylic acid groups (broad SMARTS) is 1. The average molecular weight is 452 g/mol. The Hall–Kier alpha value is -3.46. The van der Waals surface area contributed by atoms with E-state index in [1.54, 1.807) is 0 Å². The van der Waals surface area contributed by atoms with Gasteiger partial charge < -0.3 is 20.5 Å². The van der Waals surface area contributed by atoms with Gasteiger partial charge in [0.2, 0.25) is 0 Å². The molecule has 0 aliphatic carbocycles. The third-order valence-electron chi connectivity index (χ3n) is 6.00. The second-order valence-electron chi connectivity index (χ2n) is 8.06. The monoisotopic (exact) mass is 451 g/mol. The van der Waals surface area contributed by atoms with Crippen molar-refractivity contribution >= 4 is 28.6 Å². The number of benzene rings is 1. The van der Waals surface area contributed by atoms with Crippen molar-refractivity contribution in [2.24, 2.45) is 0 Å². The number of carbonyl (C=O) groups excluding carboxylic acids is 1. The lowest BCUT2D eigenvalue weighted by molar-refractivity contribution is 0.0696. The minimum Gasteiger partial charge on any atom is -0.478 e. The Balaban J connectivity index is 1.65. The molecule has 1 aliphatic heterocycles. The summed E-state index contributed by atoms with van der Waals surface area (Å²) in [6.45, 7) is 6.55. The van der Waals surface area contributed by atoms with Crippen LogP contribution >= 0.6 is 0 Å². The number of nitrogens with zero attached hydrogens (tertiary/aromatic N) is 3. The van der Waals surface area contributed by atoms with Crippen molar-refractivity contribution < 1.29 is 19.4 Å². The van der Waals surface area contributed by atoms with Gasteiger partial charge >= 0.3 is 5.97 Å². The van der Waals surface area contributed by atoms with E-state index in [-0.39, 0.29) is 17.5 Å². The van der Waals surface area contributed by atoms with Crippen molar-refractivity contribution in [1.82, 2.24) is 20.1 Å². The van der Waals surface area contributed by atoms with Gasteiger partial charge in [-0.2, -0.15) is 5.10 Å². The summed E-state index contributed by atoms with van der Waals surface area (Å²) in [7, 11) is 0. The largest absolute Gasteiger partial charge is 0.478 e. The molecule has 2 aromatic heterocycles. The van der Waals surface area contributed by atoms with Crippen LogP contribution in [0.3, 0.4) is 0 Å². The predicted molar refractivity (Wildman–Crippen MR) is 125 cm³/mol. The Bertz CT molecular complexity index is 1150. The van der Waals surface area contributed by atoms with Crippen LogP contribution in [0.5, 0.6) is 0 Å². The summed E-state index contributed by atoms with van der Waals surface area (Å²) in [5, 5.41) is 21.2. The Labute approximate surface area is 192 Å². The summed E-state index contributed by atoms with van der Waals surface area (Å²) in [4.78, 5) is 28.7. The molecule has 1 fully saturated rings. The van der Waals surface area contributed by atoms with E-state index < -0.39 is 5.97 Å². The highest BCUT2D eigenvalue weighted by Gasteiger charge is 2.22. The van der Waals surface area contributed by atoms with E-state index in [4.69, 9.17) is 14.8 Å². The van der Waals surface area contributed by atoms with Crippen molar-refractivity contribution in [2.75, 3.05) is 18.5 Å². The zero-order chi connectivity index (χ0) is 23.4. The lowest BCUT2D eigenvalue weighted by Crippen LogP contribution is -2.30. The quantitative estimate of drug-likeness (QED) is 0.481. The van der Waals surface area contributed by atoms with Crippen LogP contribution < -0.4 is 10.6 Å². The summed E-state index contributed by atoms with van der Waals surface area (Å²) in [6, 6.07) is 6.18. The molecule has 4 rings (SSSR count). The first-order valence-electron chi connectivity index (χ1n) is 11.3. The fourth-order valence-corrected chi connectivity index (χ4v) is 4.14. The molecule has 0 saturated carbocycles. The number of amides is 1. The van der Waals surface area contributed by atoms with E-state index in [1.165, 1.54) is 24.3 Å². The van der Waals surface area contributed by atoms with Crippen molar-refractivity contribution in [3.63, 3.8) is 0 Å². The molecule has 1 aromatic carbocycles. The summed E-state index contributed by atoms with van der Waals surface area (Å²) in [5.74, 6) is -1.29. The third kappa shape index (κ3) is 4.83. The maximum absolute atomic E-state index is 12.8. The average Bonchev–Trinajstić information content (AvgIpc) is 3.26. The summed E-state index contributed by atoms with van der Waals surface area (Å²) in [5.41, 5.74) is 4.21. The number of carboxylic acids is 1. The topological polar surface area (TPSA) is 118 Å². The fourth-order valence-electron chi connectivity index (χ4n) is 4.14. The van der Waals surface area contributed by atoms with E-state index in [0.29, 0.717) is 18.5 Å². The maximum Gasteiger partial charge on any atom is 0.335 e. The van der Waals surface area contributed by atoms with Crippen molar-refractivity contribution in [2.45, 2.75) is 52.2 Å². The highest BCUT2D eigenvalue weighted by molar-refractivity contribution is 5.96. The number of aromatic nitrogens is 3. The second-order valence-corrected chi connectivity index (χ2v) is 8.06. The number of anilines is 1. The number of fused-ring (bicyclic) bond motifs is 1. The first-order chi connectivity index (χ1) is 16.0. The normalized spacial score (nSPS) is 14.4. The van der Waals surface area contributed by atoms with Gasteiger partial charge in [0.15, 0.2) is 5.65 Å². The molecule has 1 saturated heterocycles. The van der Waals surface area contributed by atoms with E-state index >= 15 is 0 Å². The predicted octanol–water partition coefficient (Wildman–Crippen LogP) is 3.23. The molecule has 33 heavy (non-hydrogen) atoms. The molecule has 9 heteroatoms. The standard InChI is InChI=1S/C24H29N5O4/c1-3-20-18(13-25-23(30)15-5-7-16(8-6-15)24(31)32)21(27-17-9-11-33-12-10-17)19-14-26-29(4-2)22(19)28-20/h5-8,14,17H,3-4,9-13H2,1-2H3,(H,25,30)(H,27,28)(H,31,32). The number of hydrogen-bond donors (Lipinski definition) is 3. The van der Waals surface area contributed by atoms with Crippen LogP contribution in [-0.4, -0.2) is 51.0 Å². The van der Waals surface area contributed by atoms with Gasteiger partial charge in [-0.05, 0) is 50.5 Å². The number of rotatable bonds is 8. The highest BCUT2D eigenvalue weighted by Crippen LogP contribution is 2.31. The number of aryl methyl sites for hydroxylation is 2. The fraction of sp³-hybridized carbons (Fsp3) is 0.417. The van der Waals surface area contributed by atoms with E-state index in [0.717, 1.165) is 60.6 Å². The van der Waals surface area contributed by atoms with E-state index in [1.807, 2.05) is 17.8 Å². The van der Waals surface area contributed by atoms with Crippen molar-refractivity contribution in [1.29, 1.82) is 0 Å².